The predicted molar refractivity (Wildman–Crippen MR) is 72.4 cm³/mol. The minimum Gasteiger partial charge on any atom is -1.00 e. The molecule has 7 heteroatoms. The second-order valence-corrected chi connectivity index (χ2v) is 4.82. The van der Waals surface area contributed by atoms with Gasteiger partial charge in [-0.05, 0) is 36.1 Å². The second kappa shape index (κ2) is 7.06. The number of halogens is 3. The second-order valence-electron chi connectivity index (χ2n) is 4.82. The van der Waals surface area contributed by atoms with Crippen LogP contribution in [0.4, 0.5) is 13.2 Å². The van der Waals surface area contributed by atoms with E-state index in [0.717, 1.165) is 11.6 Å². The molecular weight excluding hydrogens is 308 g/mol. The van der Waals surface area contributed by atoms with Gasteiger partial charge in [0.1, 0.15) is 5.75 Å². The number of rotatable bonds is 3. The molecule has 0 saturated heterocycles. The molecule has 0 saturated carbocycles. The van der Waals surface area contributed by atoms with Crippen LogP contribution in [0.5, 0.6) is 5.75 Å². The summed E-state index contributed by atoms with van der Waals surface area (Å²) < 4.78 is 44.0. The quantitative estimate of drug-likeness (QED) is 0.834. The van der Waals surface area contributed by atoms with Crippen molar-refractivity contribution in [3.63, 3.8) is 0 Å². The van der Waals surface area contributed by atoms with Crippen LogP contribution in [0.25, 0.3) is 6.08 Å². The van der Waals surface area contributed by atoms with Gasteiger partial charge in [0.05, 0.1) is 5.57 Å². The molecule has 1 aliphatic rings. The van der Waals surface area contributed by atoms with Crippen LogP contribution >= 0.6 is 0 Å². The maximum atomic E-state index is 13.0. The normalized spacial score (nSPS) is 17.0. The van der Waals surface area contributed by atoms with Gasteiger partial charge in [0, 0.05) is 5.56 Å². The van der Waals surface area contributed by atoms with E-state index < -0.39 is 23.8 Å². The van der Waals surface area contributed by atoms with E-state index in [9.17, 15) is 18.0 Å². The molecule has 22 heavy (non-hydrogen) atoms. The average Bonchev–Trinajstić information content (AvgIpc) is 2.43. The number of carboxylic acid groups (broad SMARTS) is 1. The Bertz CT molecular complexity index is 615. The van der Waals surface area contributed by atoms with Crippen molar-refractivity contribution in [1.82, 2.24) is 0 Å². The summed E-state index contributed by atoms with van der Waals surface area (Å²) in [4.78, 5) is 11.1. The van der Waals surface area contributed by atoms with Crippen LogP contribution in [0.3, 0.4) is 0 Å². The molecule has 0 bridgehead atoms. The SMILES string of the molecule is CCc1cc2c(c(CC)c1)O[C@@H](C(F)(F)F)C(C(=O)O)=C2.[H-].[Na+]. The van der Waals surface area contributed by atoms with Gasteiger partial charge in [-0.2, -0.15) is 13.2 Å². The summed E-state index contributed by atoms with van der Waals surface area (Å²) in [6, 6.07) is 3.47. The number of ether oxygens (including phenoxy) is 1. The molecule has 1 aromatic rings. The van der Waals surface area contributed by atoms with E-state index >= 15 is 0 Å². The summed E-state index contributed by atoms with van der Waals surface area (Å²) in [6.45, 7) is 3.74. The standard InChI is InChI=1S/C15H15F3O3.Na.H/c1-3-8-5-9(4-2)12-10(6-8)7-11(14(19)20)13(21-12)15(16,17)18;;/h5-7,13H,3-4H2,1-2H3,(H,19,20);;/q;+1;-1/t13-;;/m1../s1. The van der Waals surface area contributed by atoms with E-state index in [4.69, 9.17) is 9.84 Å². The van der Waals surface area contributed by atoms with Crippen molar-refractivity contribution in [2.24, 2.45) is 0 Å². The summed E-state index contributed by atoms with van der Waals surface area (Å²) in [6.07, 6.45) is -4.91. The van der Waals surface area contributed by atoms with Gasteiger partial charge in [-0.15, -0.1) is 0 Å². The van der Waals surface area contributed by atoms with Gasteiger partial charge in [-0.1, -0.05) is 19.9 Å². The van der Waals surface area contributed by atoms with Crippen LogP contribution in [0.1, 0.15) is 32.0 Å². The molecule has 0 aromatic heterocycles. The third kappa shape index (κ3) is 3.67. The van der Waals surface area contributed by atoms with Gasteiger partial charge in [-0.3, -0.25) is 0 Å². The third-order valence-electron chi connectivity index (χ3n) is 3.42. The van der Waals surface area contributed by atoms with Gasteiger partial charge in [0.25, 0.3) is 0 Å². The summed E-state index contributed by atoms with van der Waals surface area (Å²) in [5.74, 6) is -1.50. The molecule has 1 aromatic carbocycles. The molecule has 1 aliphatic heterocycles. The molecule has 3 nitrogen and oxygen atoms in total. The molecular formula is C15H16F3NaO3. The molecule has 0 unspecified atom stereocenters. The number of aryl methyl sites for hydroxylation is 2. The molecule has 1 atom stereocenters. The molecule has 1 heterocycles. The number of hydrogen-bond donors (Lipinski definition) is 1. The minimum absolute atomic E-state index is 0. The number of fused-ring (bicyclic) bond motifs is 1. The predicted octanol–water partition coefficient (Wildman–Crippen LogP) is 0.719. The maximum absolute atomic E-state index is 13.0. The topological polar surface area (TPSA) is 46.5 Å². The fourth-order valence-corrected chi connectivity index (χ4v) is 2.34. The zero-order chi connectivity index (χ0) is 15.8. The number of alkyl halides is 3. The minimum atomic E-state index is -4.77. The molecule has 116 valence electrons. The monoisotopic (exact) mass is 324 g/mol. The molecule has 0 fully saturated rings. The van der Waals surface area contributed by atoms with E-state index in [1.807, 2.05) is 13.8 Å². The van der Waals surface area contributed by atoms with Crippen molar-refractivity contribution >= 4 is 12.0 Å². The van der Waals surface area contributed by atoms with Crippen LogP contribution in [0.2, 0.25) is 0 Å². The first-order valence-electron chi connectivity index (χ1n) is 6.62. The van der Waals surface area contributed by atoms with Gasteiger partial charge < -0.3 is 11.3 Å². The fourth-order valence-electron chi connectivity index (χ4n) is 2.34. The summed E-state index contributed by atoms with van der Waals surface area (Å²) in [5.41, 5.74) is 1.19. The van der Waals surface area contributed by atoms with Gasteiger partial charge in [0.15, 0.2) is 0 Å². The van der Waals surface area contributed by atoms with Gasteiger partial charge >= 0.3 is 41.7 Å². The van der Waals surface area contributed by atoms with Gasteiger partial charge in [0.2, 0.25) is 6.10 Å². The fraction of sp³-hybridized carbons (Fsp3) is 0.400. The molecule has 1 N–H and O–H groups in total. The first-order chi connectivity index (χ1) is 9.77. The number of hydrogen-bond acceptors (Lipinski definition) is 2. The van der Waals surface area contributed by atoms with Crippen molar-refractivity contribution in [2.75, 3.05) is 0 Å². The van der Waals surface area contributed by atoms with Crippen LogP contribution < -0.4 is 34.3 Å². The summed E-state index contributed by atoms with van der Waals surface area (Å²) in [5, 5.41) is 9.00. The Morgan fingerprint density at radius 2 is 1.95 bits per heavy atom. The van der Waals surface area contributed by atoms with Crippen LogP contribution in [0, 0.1) is 0 Å². The van der Waals surface area contributed by atoms with Crippen molar-refractivity contribution in [2.45, 2.75) is 39.0 Å². The smallest absolute Gasteiger partial charge is 1.00 e. The molecule has 2 rings (SSSR count). The summed E-state index contributed by atoms with van der Waals surface area (Å²) >= 11 is 0. The number of benzene rings is 1. The van der Waals surface area contributed by atoms with E-state index in [1.54, 1.807) is 12.1 Å². The Balaban J connectivity index is 0.00000242. The zero-order valence-electron chi connectivity index (χ0n) is 13.6. The van der Waals surface area contributed by atoms with E-state index in [0.29, 0.717) is 24.0 Å². The van der Waals surface area contributed by atoms with Crippen molar-refractivity contribution in [3.8, 4) is 5.75 Å². The van der Waals surface area contributed by atoms with Crippen molar-refractivity contribution in [3.05, 3.63) is 34.4 Å². The van der Waals surface area contributed by atoms with Crippen LogP contribution in [0.15, 0.2) is 17.7 Å². The Morgan fingerprint density at radius 1 is 1.32 bits per heavy atom. The number of aliphatic carboxylic acids is 1. The first kappa shape index (κ1) is 19.1. The van der Waals surface area contributed by atoms with E-state index in [2.05, 4.69) is 0 Å². The Kier molecular flexibility index (Phi) is 6.12. The molecule has 0 radical (unpaired) electrons. The Hall–Kier alpha value is -0.980. The van der Waals surface area contributed by atoms with E-state index in [-0.39, 0.29) is 36.7 Å². The number of carbonyl (C=O) groups is 1. The largest absolute Gasteiger partial charge is 1.00 e. The first-order valence-corrected chi connectivity index (χ1v) is 6.62. The molecule has 0 spiro atoms. The van der Waals surface area contributed by atoms with Crippen molar-refractivity contribution < 1.29 is 58.8 Å². The Morgan fingerprint density at radius 3 is 2.41 bits per heavy atom. The zero-order valence-corrected chi connectivity index (χ0v) is 14.6. The Labute approximate surface area is 149 Å². The number of carboxylic acids is 1. The maximum Gasteiger partial charge on any atom is 1.00 e. The summed E-state index contributed by atoms with van der Waals surface area (Å²) in [7, 11) is 0. The molecule has 0 amide bonds. The van der Waals surface area contributed by atoms with Crippen LogP contribution in [-0.4, -0.2) is 23.4 Å². The van der Waals surface area contributed by atoms with Crippen molar-refractivity contribution in [1.29, 1.82) is 0 Å². The third-order valence-corrected chi connectivity index (χ3v) is 3.42. The van der Waals surface area contributed by atoms with Crippen LogP contribution in [-0.2, 0) is 17.6 Å². The van der Waals surface area contributed by atoms with E-state index in [1.165, 1.54) is 0 Å². The average molecular weight is 324 g/mol. The van der Waals surface area contributed by atoms with Gasteiger partial charge in [-0.25, -0.2) is 4.79 Å². The molecule has 0 aliphatic carbocycles.